The summed E-state index contributed by atoms with van der Waals surface area (Å²) in [5.41, 5.74) is 6.24. The summed E-state index contributed by atoms with van der Waals surface area (Å²) in [6.07, 6.45) is 0. The van der Waals surface area contributed by atoms with E-state index in [0.29, 0.717) is 11.3 Å². The number of hydrogen-bond donors (Lipinski definition) is 3. The molecule has 0 radical (unpaired) electrons. The number of carbonyl (C=O) groups is 1. The fraction of sp³-hybridized carbons (Fsp3) is 0.182. The van der Waals surface area contributed by atoms with Crippen LogP contribution in [0.4, 0.5) is 11.5 Å². The Hall–Kier alpha value is -2.46. The molecule has 4 N–H and O–H groups in total. The van der Waals surface area contributed by atoms with Crippen molar-refractivity contribution in [2.75, 3.05) is 18.1 Å². The summed E-state index contributed by atoms with van der Waals surface area (Å²) in [6, 6.07) is 4.34. The summed E-state index contributed by atoms with van der Waals surface area (Å²) >= 11 is 0. The van der Waals surface area contributed by atoms with Gasteiger partial charge in [0.1, 0.15) is 0 Å². The highest BCUT2D eigenvalue weighted by atomic mass is 32.2. The number of nitrogen functional groups attached to an aromatic ring is 1. The highest BCUT2D eigenvalue weighted by Gasteiger charge is 2.18. The molecule has 0 aliphatic heterocycles. The van der Waals surface area contributed by atoms with Crippen LogP contribution in [0.25, 0.3) is 0 Å². The first-order chi connectivity index (χ1) is 9.85. The van der Waals surface area contributed by atoms with Crippen LogP contribution in [0.5, 0.6) is 0 Å². The second kappa shape index (κ2) is 5.50. The summed E-state index contributed by atoms with van der Waals surface area (Å²) in [4.78, 5) is 12.0. The molecule has 1 amide bonds. The van der Waals surface area contributed by atoms with Gasteiger partial charge < -0.3 is 11.1 Å². The van der Waals surface area contributed by atoms with Crippen LogP contribution in [0, 0.1) is 6.92 Å². The van der Waals surface area contributed by atoms with Gasteiger partial charge in [-0.05, 0) is 42.0 Å². The summed E-state index contributed by atoms with van der Waals surface area (Å²) in [5, 5.41) is 9.19. The standard InChI is InChI=1S/C11H13N5O4S/c1-6-3-4-7(21(18,19)13-2)5-8(6)14-11(17)9-10(12)16-20-15-9/h3-5,13H,1-2H3,(H2,12,16)(H,14,17). The van der Waals surface area contributed by atoms with Gasteiger partial charge in [0.15, 0.2) is 0 Å². The van der Waals surface area contributed by atoms with Crippen LogP contribution >= 0.6 is 0 Å². The number of sulfonamides is 1. The van der Waals surface area contributed by atoms with E-state index in [9.17, 15) is 13.2 Å². The normalized spacial score (nSPS) is 11.3. The molecule has 0 aliphatic rings. The van der Waals surface area contributed by atoms with Crippen molar-refractivity contribution >= 4 is 27.4 Å². The maximum Gasteiger partial charge on any atom is 0.281 e. The van der Waals surface area contributed by atoms with Crippen LogP contribution < -0.4 is 15.8 Å². The van der Waals surface area contributed by atoms with Crippen LogP contribution in [0.2, 0.25) is 0 Å². The van der Waals surface area contributed by atoms with Gasteiger partial charge >= 0.3 is 0 Å². The monoisotopic (exact) mass is 311 g/mol. The molecule has 0 atom stereocenters. The Morgan fingerprint density at radius 2 is 2.05 bits per heavy atom. The molecular formula is C11H13N5O4S. The number of hydrogen-bond acceptors (Lipinski definition) is 7. The molecule has 0 spiro atoms. The van der Waals surface area contributed by atoms with Crippen LogP contribution in [-0.2, 0) is 10.0 Å². The van der Waals surface area contributed by atoms with E-state index in [2.05, 4.69) is 25.0 Å². The molecule has 21 heavy (non-hydrogen) atoms. The summed E-state index contributed by atoms with van der Waals surface area (Å²) in [6.45, 7) is 1.72. The molecular weight excluding hydrogens is 298 g/mol. The van der Waals surface area contributed by atoms with Crippen molar-refractivity contribution in [3.8, 4) is 0 Å². The number of carbonyl (C=O) groups excluding carboxylic acids is 1. The molecule has 112 valence electrons. The third-order valence-electron chi connectivity index (χ3n) is 2.77. The van der Waals surface area contributed by atoms with Gasteiger partial charge in [-0.1, -0.05) is 6.07 Å². The molecule has 0 bridgehead atoms. The van der Waals surface area contributed by atoms with E-state index in [1.54, 1.807) is 13.0 Å². The first kappa shape index (κ1) is 14.9. The van der Waals surface area contributed by atoms with E-state index < -0.39 is 15.9 Å². The molecule has 0 saturated carbocycles. The average molecular weight is 311 g/mol. The zero-order valence-corrected chi connectivity index (χ0v) is 12.1. The minimum atomic E-state index is -3.61. The van der Waals surface area contributed by atoms with Gasteiger partial charge in [0.2, 0.25) is 21.5 Å². The predicted molar refractivity (Wildman–Crippen MR) is 74.1 cm³/mol. The Morgan fingerprint density at radius 3 is 2.62 bits per heavy atom. The van der Waals surface area contributed by atoms with E-state index in [1.165, 1.54) is 19.2 Å². The number of nitrogens with zero attached hydrogens (tertiary/aromatic N) is 2. The van der Waals surface area contributed by atoms with Gasteiger partial charge in [0.05, 0.1) is 4.90 Å². The second-order valence-corrected chi connectivity index (χ2v) is 6.02. The third kappa shape index (κ3) is 3.01. The van der Waals surface area contributed by atoms with E-state index in [4.69, 9.17) is 5.73 Å². The molecule has 0 aliphatic carbocycles. The smallest absolute Gasteiger partial charge is 0.281 e. The maximum absolute atomic E-state index is 12.0. The predicted octanol–water partition coefficient (Wildman–Crippen LogP) is 0.121. The Morgan fingerprint density at radius 1 is 1.33 bits per heavy atom. The van der Waals surface area contributed by atoms with Crippen molar-refractivity contribution in [1.82, 2.24) is 15.0 Å². The molecule has 0 fully saturated rings. The number of benzene rings is 1. The third-order valence-corrected chi connectivity index (χ3v) is 4.18. The van der Waals surface area contributed by atoms with Crippen molar-refractivity contribution < 1.29 is 17.8 Å². The highest BCUT2D eigenvalue weighted by Crippen LogP contribution is 2.21. The van der Waals surface area contributed by atoms with Crippen molar-refractivity contribution in [1.29, 1.82) is 0 Å². The van der Waals surface area contributed by atoms with Gasteiger partial charge in [-0.15, -0.1) is 0 Å². The largest absolute Gasteiger partial charge is 0.379 e. The van der Waals surface area contributed by atoms with E-state index >= 15 is 0 Å². The maximum atomic E-state index is 12.0. The zero-order chi connectivity index (χ0) is 15.6. The fourth-order valence-corrected chi connectivity index (χ4v) is 2.31. The lowest BCUT2D eigenvalue weighted by molar-refractivity contribution is 0.101. The number of anilines is 2. The van der Waals surface area contributed by atoms with Crippen molar-refractivity contribution in [3.05, 3.63) is 29.5 Å². The lowest BCUT2D eigenvalue weighted by Crippen LogP contribution is -2.20. The zero-order valence-electron chi connectivity index (χ0n) is 11.2. The SMILES string of the molecule is CNS(=O)(=O)c1ccc(C)c(NC(=O)c2nonc2N)c1. The van der Waals surface area contributed by atoms with Gasteiger partial charge in [-0.25, -0.2) is 17.8 Å². The minimum Gasteiger partial charge on any atom is -0.379 e. The number of amides is 1. The Labute approximate surface area is 120 Å². The average Bonchev–Trinajstić information content (AvgIpc) is 2.87. The molecule has 1 aromatic heterocycles. The lowest BCUT2D eigenvalue weighted by Gasteiger charge is -2.09. The Kier molecular flexibility index (Phi) is 3.91. The van der Waals surface area contributed by atoms with Gasteiger partial charge in [0, 0.05) is 5.69 Å². The van der Waals surface area contributed by atoms with Crippen molar-refractivity contribution in [2.24, 2.45) is 0 Å². The molecule has 9 nitrogen and oxygen atoms in total. The molecule has 10 heteroatoms. The first-order valence-electron chi connectivity index (χ1n) is 5.78. The number of nitrogens with one attached hydrogen (secondary N) is 2. The molecule has 1 heterocycles. The Balaban J connectivity index is 2.34. The van der Waals surface area contributed by atoms with Crippen LogP contribution in [0.1, 0.15) is 16.1 Å². The van der Waals surface area contributed by atoms with Crippen LogP contribution in [0.3, 0.4) is 0 Å². The lowest BCUT2D eigenvalue weighted by atomic mass is 10.2. The highest BCUT2D eigenvalue weighted by molar-refractivity contribution is 7.89. The molecule has 2 aromatic rings. The number of aryl methyl sites for hydroxylation is 1. The second-order valence-electron chi connectivity index (χ2n) is 4.14. The molecule has 2 rings (SSSR count). The summed E-state index contributed by atoms with van der Waals surface area (Å²) < 4.78 is 30.0. The van der Waals surface area contributed by atoms with Gasteiger partial charge in [-0.2, -0.15) is 0 Å². The summed E-state index contributed by atoms with van der Waals surface area (Å²) in [5.74, 6) is -0.792. The van der Waals surface area contributed by atoms with Crippen LogP contribution in [0.15, 0.2) is 27.7 Å². The first-order valence-corrected chi connectivity index (χ1v) is 7.27. The number of rotatable bonds is 4. The van der Waals surface area contributed by atoms with Crippen LogP contribution in [-0.4, -0.2) is 31.7 Å². The quantitative estimate of drug-likeness (QED) is 0.728. The minimum absolute atomic E-state index is 0.0251. The molecule has 1 aromatic carbocycles. The number of nitrogens with two attached hydrogens (primary N) is 1. The van der Waals surface area contributed by atoms with Crippen molar-refractivity contribution in [3.63, 3.8) is 0 Å². The van der Waals surface area contributed by atoms with Gasteiger partial charge in [0.25, 0.3) is 5.91 Å². The van der Waals surface area contributed by atoms with Gasteiger partial charge in [-0.3, -0.25) is 4.79 Å². The van der Waals surface area contributed by atoms with E-state index in [-0.39, 0.29) is 16.4 Å². The van der Waals surface area contributed by atoms with Crippen molar-refractivity contribution in [2.45, 2.75) is 11.8 Å². The van der Waals surface area contributed by atoms with E-state index in [1.807, 2.05) is 0 Å². The van der Waals surface area contributed by atoms with E-state index in [0.717, 1.165) is 0 Å². The molecule has 0 unspecified atom stereocenters. The topological polar surface area (TPSA) is 140 Å². The Bertz CT molecular complexity index is 784. The number of aromatic nitrogens is 2. The fourth-order valence-electron chi connectivity index (χ4n) is 1.56. The summed E-state index contributed by atoms with van der Waals surface area (Å²) in [7, 11) is -2.31. The molecule has 0 saturated heterocycles.